The van der Waals surface area contributed by atoms with Crippen molar-refractivity contribution >= 4 is 44.7 Å². The Morgan fingerprint density at radius 1 is 0.857 bits per heavy atom. The van der Waals surface area contributed by atoms with Gasteiger partial charge in [-0.1, -0.05) is 55.7 Å². The first-order valence-corrected chi connectivity index (χ1v) is 16.7. The van der Waals surface area contributed by atoms with Gasteiger partial charge in [0.25, 0.3) is 5.91 Å². The lowest BCUT2D eigenvalue weighted by molar-refractivity contribution is -0.139. The Morgan fingerprint density at radius 3 is 2.51 bits per heavy atom. The van der Waals surface area contributed by atoms with Crippen molar-refractivity contribution in [2.24, 2.45) is 0 Å². The molecule has 1 unspecified atom stereocenters. The van der Waals surface area contributed by atoms with Crippen molar-refractivity contribution < 1.29 is 19.8 Å². The number of aliphatic carboxylic acids is 1. The number of nitrogens with zero attached hydrogens (tertiary/aromatic N) is 3. The van der Waals surface area contributed by atoms with Gasteiger partial charge in [-0.25, -0.2) is 14.8 Å². The first-order valence-electron chi connectivity index (χ1n) is 16.7. The third-order valence-electron chi connectivity index (χ3n) is 9.69. The molecule has 7 aromatic rings. The van der Waals surface area contributed by atoms with Crippen LogP contribution in [0.3, 0.4) is 0 Å². The Labute approximate surface area is 282 Å². The smallest absolute Gasteiger partial charge is 0.326 e. The number of hydrogen-bond donors (Lipinski definition) is 4. The standard InChI is InChI=1S/C40H35N5O4/c46-30-14-17-34-31(22-30)28(23-41-34)21-36(40(48)49)44-39(47)27-13-18-37-35(20-27)43-38(45(37)29-9-5-2-6-10-29)26-12-16-33-25(19-26)11-15-32(42-33)24-7-3-1-4-8-24/h1,3-4,7-8,11-20,22-23,29,36,41,46H,2,5-6,9-10,21H2,(H,44,47)(H,48,49). The highest BCUT2D eigenvalue weighted by Gasteiger charge is 2.26. The fraction of sp³-hybridized carbons (Fsp3) is 0.200. The number of fused-ring (bicyclic) bond motifs is 3. The number of hydrogen-bond acceptors (Lipinski definition) is 5. The van der Waals surface area contributed by atoms with Gasteiger partial charge in [0.1, 0.15) is 17.6 Å². The third-order valence-corrected chi connectivity index (χ3v) is 9.69. The van der Waals surface area contributed by atoms with Gasteiger partial charge in [0.15, 0.2) is 0 Å². The summed E-state index contributed by atoms with van der Waals surface area (Å²) < 4.78 is 2.33. The van der Waals surface area contributed by atoms with Gasteiger partial charge in [0, 0.05) is 51.6 Å². The molecule has 49 heavy (non-hydrogen) atoms. The van der Waals surface area contributed by atoms with E-state index in [9.17, 15) is 19.8 Å². The van der Waals surface area contributed by atoms with Crippen LogP contribution in [0.4, 0.5) is 0 Å². The molecule has 1 amide bonds. The lowest BCUT2D eigenvalue weighted by atomic mass is 9.94. The Kier molecular flexibility index (Phi) is 7.80. The quantitative estimate of drug-likeness (QED) is 0.132. The van der Waals surface area contributed by atoms with Crippen LogP contribution in [-0.4, -0.2) is 47.7 Å². The number of pyridine rings is 1. The molecule has 1 aliphatic carbocycles. The zero-order valence-electron chi connectivity index (χ0n) is 26.8. The molecular formula is C40H35N5O4. The molecular weight excluding hydrogens is 614 g/mol. The third kappa shape index (κ3) is 5.88. The van der Waals surface area contributed by atoms with Crippen molar-refractivity contribution in [1.29, 1.82) is 0 Å². The van der Waals surface area contributed by atoms with Crippen molar-refractivity contribution in [1.82, 2.24) is 24.8 Å². The minimum atomic E-state index is -1.17. The molecule has 9 nitrogen and oxygen atoms in total. The molecule has 4 aromatic carbocycles. The average molecular weight is 650 g/mol. The highest BCUT2D eigenvalue weighted by molar-refractivity contribution is 6.00. The number of aromatic amines is 1. The van der Waals surface area contributed by atoms with Crippen molar-refractivity contribution in [3.05, 3.63) is 114 Å². The number of aromatic nitrogens is 4. The number of aromatic hydroxyl groups is 1. The van der Waals surface area contributed by atoms with Crippen LogP contribution in [0.1, 0.15) is 54.1 Å². The lowest BCUT2D eigenvalue weighted by Crippen LogP contribution is -2.42. The molecule has 3 aromatic heterocycles. The minimum Gasteiger partial charge on any atom is -0.508 e. The van der Waals surface area contributed by atoms with Gasteiger partial charge in [-0.3, -0.25) is 4.79 Å². The molecule has 0 aliphatic heterocycles. The number of rotatable bonds is 8. The maximum Gasteiger partial charge on any atom is 0.326 e. The summed E-state index contributed by atoms with van der Waals surface area (Å²) in [6, 6.07) is 30.0. The average Bonchev–Trinajstić information content (AvgIpc) is 3.72. The van der Waals surface area contributed by atoms with E-state index in [2.05, 4.69) is 45.2 Å². The van der Waals surface area contributed by atoms with Crippen LogP contribution < -0.4 is 5.32 Å². The van der Waals surface area contributed by atoms with E-state index >= 15 is 0 Å². The molecule has 1 atom stereocenters. The second-order valence-electron chi connectivity index (χ2n) is 12.9. The summed E-state index contributed by atoms with van der Waals surface area (Å²) in [5.74, 6) is -0.701. The highest BCUT2D eigenvalue weighted by atomic mass is 16.4. The number of carboxylic acid groups (broad SMARTS) is 1. The number of imidazole rings is 1. The fourth-order valence-corrected chi connectivity index (χ4v) is 7.18. The molecule has 0 radical (unpaired) electrons. The molecule has 244 valence electrons. The zero-order valence-corrected chi connectivity index (χ0v) is 26.8. The summed E-state index contributed by atoms with van der Waals surface area (Å²) in [5.41, 5.74) is 7.31. The van der Waals surface area contributed by atoms with Crippen molar-refractivity contribution in [3.8, 4) is 28.4 Å². The monoisotopic (exact) mass is 649 g/mol. The Balaban J connectivity index is 1.12. The number of carbonyl (C=O) groups is 2. The van der Waals surface area contributed by atoms with E-state index in [1.165, 1.54) is 6.42 Å². The summed E-state index contributed by atoms with van der Waals surface area (Å²) in [6.45, 7) is 0. The summed E-state index contributed by atoms with van der Waals surface area (Å²) in [7, 11) is 0. The number of amides is 1. The van der Waals surface area contributed by atoms with Gasteiger partial charge < -0.3 is 25.1 Å². The van der Waals surface area contributed by atoms with Gasteiger partial charge in [-0.05, 0) is 79.1 Å². The Hall–Kier alpha value is -5.96. The molecule has 0 saturated heterocycles. The van der Waals surface area contributed by atoms with Crippen LogP contribution >= 0.6 is 0 Å². The van der Waals surface area contributed by atoms with Crippen LogP contribution in [0.15, 0.2) is 103 Å². The normalized spacial score (nSPS) is 14.4. The summed E-state index contributed by atoms with van der Waals surface area (Å²) in [6.07, 6.45) is 7.41. The zero-order chi connectivity index (χ0) is 33.5. The van der Waals surface area contributed by atoms with E-state index in [1.807, 2.05) is 36.4 Å². The molecule has 9 heteroatoms. The first kappa shape index (κ1) is 30.4. The predicted octanol–water partition coefficient (Wildman–Crippen LogP) is 8.04. The summed E-state index contributed by atoms with van der Waals surface area (Å²) >= 11 is 0. The number of carboxylic acids is 1. The largest absolute Gasteiger partial charge is 0.508 e. The molecule has 1 saturated carbocycles. The number of phenolic OH excluding ortho intramolecular Hbond substituents is 1. The van der Waals surface area contributed by atoms with Crippen molar-refractivity contribution in [2.45, 2.75) is 50.6 Å². The van der Waals surface area contributed by atoms with Crippen molar-refractivity contribution in [2.75, 3.05) is 0 Å². The van der Waals surface area contributed by atoms with E-state index in [4.69, 9.17) is 9.97 Å². The van der Waals surface area contributed by atoms with Crippen LogP contribution in [-0.2, 0) is 11.2 Å². The second-order valence-corrected chi connectivity index (χ2v) is 12.9. The molecule has 1 aliphatic rings. The topological polar surface area (TPSA) is 133 Å². The van der Waals surface area contributed by atoms with Crippen molar-refractivity contribution in [3.63, 3.8) is 0 Å². The fourth-order valence-electron chi connectivity index (χ4n) is 7.18. The highest BCUT2D eigenvalue weighted by Crippen LogP contribution is 2.37. The maximum atomic E-state index is 13.5. The predicted molar refractivity (Wildman–Crippen MR) is 191 cm³/mol. The molecule has 0 bridgehead atoms. The van der Waals surface area contributed by atoms with Crippen LogP contribution in [0, 0.1) is 0 Å². The van der Waals surface area contributed by atoms with Crippen LogP contribution in [0.25, 0.3) is 55.5 Å². The SMILES string of the molecule is O=C(NC(Cc1c[nH]c2ccc(O)cc12)C(=O)O)c1ccc2c(c1)nc(-c1ccc3nc(-c4ccccc4)ccc3c1)n2C1CCCCC1. The minimum absolute atomic E-state index is 0.0525. The lowest BCUT2D eigenvalue weighted by Gasteiger charge is -2.25. The Bertz CT molecular complexity index is 2350. The van der Waals surface area contributed by atoms with E-state index < -0.39 is 17.9 Å². The van der Waals surface area contributed by atoms with E-state index in [0.29, 0.717) is 22.0 Å². The van der Waals surface area contributed by atoms with E-state index in [0.717, 1.165) is 70.3 Å². The molecule has 0 spiro atoms. The van der Waals surface area contributed by atoms with E-state index in [1.54, 1.807) is 36.5 Å². The number of benzene rings is 4. The van der Waals surface area contributed by atoms with Gasteiger partial charge in [-0.15, -0.1) is 0 Å². The second kappa shape index (κ2) is 12.6. The number of carbonyl (C=O) groups excluding carboxylic acids is 1. The molecule has 8 rings (SSSR count). The Morgan fingerprint density at radius 2 is 1.69 bits per heavy atom. The summed E-state index contributed by atoms with van der Waals surface area (Å²) in [4.78, 5) is 38.9. The molecule has 3 heterocycles. The molecule has 4 N–H and O–H groups in total. The summed E-state index contributed by atoms with van der Waals surface area (Å²) in [5, 5.41) is 24.4. The maximum absolute atomic E-state index is 13.5. The van der Waals surface area contributed by atoms with Gasteiger partial charge >= 0.3 is 5.97 Å². The van der Waals surface area contributed by atoms with E-state index in [-0.39, 0.29) is 18.2 Å². The number of nitrogens with one attached hydrogen (secondary N) is 2. The molecule has 1 fully saturated rings. The number of H-pyrrole nitrogens is 1. The van der Waals surface area contributed by atoms with Gasteiger partial charge in [-0.2, -0.15) is 0 Å². The van der Waals surface area contributed by atoms with Gasteiger partial charge in [0.2, 0.25) is 0 Å². The van der Waals surface area contributed by atoms with Gasteiger partial charge in [0.05, 0.1) is 22.2 Å². The van der Waals surface area contributed by atoms with Crippen LogP contribution in [0.5, 0.6) is 5.75 Å². The van der Waals surface area contributed by atoms with Crippen LogP contribution in [0.2, 0.25) is 0 Å². The first-order chi connectivity index (χ1) is 23.9. The number of phenols is 1.